The summed E-state index contributed by atoms with van der Waals surface area (Å²) in [6.07, 6.45) is 1.56. The van der Waals surface area contributed by atoms with Crippen molar-refractivity contribution in [1.82, 2.24) is 14.3 Å². The van der Waals surface area contributed by atoms with Crippen molar-refractivity contribution in [3.05, 3.63) is 56.6 Å². The van der Waals surface area contributed by atoms with E-state index in [1.165, 1.54) is 15.3 Å². The molecule has 0 aliphatic heterocycles. The second-order valence-electron chi connectivity index (χ2n) is 4.50. The molecule has 0 aliphatic rings. The number of rotatable bonds is 2. The average molecular weight is 259 g/mol. The van der Waals surface area contributed by atoms with E-state index in [1.807, 2.05) is 0 Å². The standard InChI is InChI=1S/C13H13N3O3/c1-8-12-10(14-15(2)13(12)18)6-11(17)16(8)7-9-4-3-5-19-9/h3-6,14H,7H2,1-2H3. The Morgan fingerprint density at radius 2 is 2.16 bits per heavy atom. The molecule has 0 radical (unpaired) electrons. The van der Waals surface area contributed by atoms with Gasteiger partial charge in [0.15, 0.2) is 0 Å². The van der Waals surface area contributed by atoms with E-state index < -0.39 is 0 Å². The Kier molecular flexibility index (Phi) is 2.45. The second kappa shape index (κ2) is 4.01. The van der Waals surface area contributed by atoms with E-state index >= 15 is 0 Å². The molecule has 0 amide bonds. The highest BCUT2D eigenvalue weighted by Crippen LogP contribution is 2.12. The summed E-state index contributed by atoms with van der Waals surface area (Å²) in [5.41, 5.74) is 0.899. The molecule has 19 heavy (non-hydrogen) atoms. The molecule has 0 saturated carbocycles. The summed E-state index contributed by atoms with van der Waals surface area (Å²) in [6, 6.07) is 5.00. The minimum atomic E-state index is -0.164. The molecule has 0 spiro atoms. The van der Waals surface area contributed by atoms with E-state index in [0.29, 0.717) is 28.9 Å². The third kappa shape index (κ3) is 1.72. The molecule has 98 valence electrons. The van der Waals surface area contributed by atoms with Gasteiger partial charge in [0.2, 0.25) is 0 Å². The second-order valence-corrected chi connectivity index (χ2v) is 4.50. The first-order valence-electron chi connectivity index (χ1n) is 5.89. The van der Waals surface area contributed by atoms with E-state index in [2.05, 4.69) is 5.10 Å². The normalized spacial score (nSPS) is 11.3. The number of nitrogens with zero attached hydrogens (tertiary/aromatic N) is 2. The molecule has 6 heteroatoms. The summed E-state index contributed by atoms with van der Waals surface area (Å²) in [5.74, 6) is 0.678. The van der Waals surface area contributed by atoms with Gasteiger partial charge in [-0.25, -0.2) is 0 Å². The maximum Gasteiger partial charge on any atom is 0.275 e. The highest BCUT2D eigenvalue weighted by atomic mass is 16.3. The molecule has 3 aromatic heterocycles. The van der Waals surface area contributed by atoms with Crippen LogP contribution in [-0.2, 0) is 13.6 Å². The van der Waals surface area contributed by atoms with Crippen LogP contribution in [0.2, 0.25) is 0 Å². The highest BCUT2D eigenvalue weighted by Gasteiger charge is 2.13. The maximum absolute atomic E-state index is 12.1. The molecule has 3 rings (SSSR count). The zero-order chi connectivity index (χ0) is 13.6. The highest BCUT2D eigenvalue weighted by molar-refractivity contribution is 5.79. The lowest BCUT2D eigenvalue weighted by Crippen LogP contribution is -2.23. The number of aryl methyl sites for hydroxylation is 2. The first-order chi connectivity index (χ1) is 9.08. The minimum Gasteiger partial charge on any atom is -0.467 e. The van der Waals surface area contributed by atoms with E-state index in [0.717, 1.165) is 0 Å². The van der Waals surface area contributed by atoms with Crippen LogP contribution in [0.1, 0.15) is 11.5 Å². The quantitative estimate of drug-likeness (QED) is 0.745. The number of H-pyrrole nitrogens is 1. The van der Waals surface area contributed by atoms with Crippen molar-refractivity contribution >= 4 is 10.9 Å². The smallest absolute Gasteiger partial charge is 0.275 e. The lowest BCUT2D eigenvalue weighted by Gasteiger charge is -2.08. The van der Waals surface area contributed by atoms with Crippen molar-refractivity contribution < 1.29 is 4.42 Å². The van der Waals surface area contributed by atoms with Crippen LogP contribution < -0.4 is 11.1 Å². The molecule has 0 bridgehead atoms. The largest absolute Gasteiger partial charge is 0.467 e. The topological polar surface area (TPSA) is 72.9 Å². The number of nitrogens with one attached hydrogen (secondary N) is 1. The van der Waals surface area contributed by atoms with Crippen LogP contribution in [0.5, 0.6) is 0 Å². The van der Waals surface area contributed by atoms with Gasteiger partial charge in [-0.15, -0.1) is 0 Å². The third-order valence-electron chi connectivity index (χ3n) is 3.27. The van der Waals surface area contributed by atoms with Crippen LogP contribution >= 0.6 is 0 Å². The number of hydrogen-bond acceptors (Lipinski definition) is 3. The first-order valence-corrected chi connectivity index (χ1v) is 5.89. The number of furan rings is 1. The van der Waals surface area contributed by atoms with Gasteiger partial charge in [-0.2, -0.15) is 0 Å². The zero-order valence-corrected chi connectivity index (χ0v) is 10.6. The molecule has 6 nitrogen and oxygen atoms in total. The van der Waals surface area contributed by atoms with Crippen molar-refractivity contribution in [2.45, 2.75) is 13.5 Å². The number of aromatic nitrogens is 3. The first kappa shape index (κ1) is 11.6. The Bertz CT molecular complexity index is 850. The minimum absolute atomic E-state index is 0.138. The fourth-order valence-electron chi connectivity index (χ4n) is 2.28. The Hall–Kier alpha value is -2.50. The van der Waals surface area contributed by atoms with Crippen molar-refractivity contribution in [3.8, 4) is 0 Å². The van der Waals surface area contributed by atoms with E-state index in [4.69, 9.17) is 4.42 Å². The van der Waals surface area contributed by atoms with Crippen LogP contribution in [0.25, 0.3) is 10.9 Å². The molecule has 0 atom stereocenters. The van der Waals surface area contributed by atoms with Crippen LogP contribution in [-0.4, -0.2) is 14.3 Å². The van der Waals surface area contributed by atoms with Gasteiger partial charge in [-0.1, -0.05) is 0 Å². The van der Waals surface area contributed by atoms with Crippen LogP contribution in [0, 0.1) is 6.92 Å². The Labute approximate surface area is 107 Å². The van der Waals surface area contributed by atoms with Gasteiger partial charge >= 0.3 is 0 Å². The van der Waals surface area contributed by atoms with Crippen molar-refractivity contribution in [3.63, 3.8) is 0 Å². The molecular formula is C13H13N3O3. The molecule has 3 aromatic rings. The summed E-state index contributed by atoms with van der Waals surface area (Å²) in [5, 5.41) is 3.40. The van der Waals surface area contributed by atoms with E-state index in [1.54, 1.807) is 32.4 Å². The fraction of sp³-hybridized carbons (Fsp3) is 0.231. The van der Waals surface area contributed by atoms with Gasteiger partial charge in [0, 0.05) is 18.8 Å². The summed E-state index contributed by atoms with van der Waals surface area (Å²) in [7, 11) is 1.63. The summed E-state index contributed by atoms with van der Waals surface area (Å²) in [6.45, 7) is 2.09. The van der Waals surface area contributed by atoms with Gasteiger partial charge in [0.1, 0.15) is 5.76 Å². The van der Waals surface area contributed by atoms with Crippen LogP contribution in [0.3, 0.4) is 0 Å². The lowest BCUT2D eigenvalue weighted by molar-refractivity contribution is 0.487. The number of hydrogen-bond donors (Lipinski definition) is 1. The van der Waals surface area contributed by atoms with Crippen molar-refractivity contribution in [2.24, 2.45) is 7.05 Å². The zero-order valence-electron chi connectivity index (χ0n) is 10.6. The van der Waals surface area contributed by atoms with Gasteiger partial charge in [0.05, 0.1) is 23.7 Å². The number of pyridine rings is 1. The summed E-state index contributed by atoms with van der Waals surface area (Å²) in [4.78, 5) is 24.1. The molecule has 0 unspecified atom stereocenters. The summed E-state index contributed by atoms with van der Waals surface area (Å²) < 4.78 is 8.15. The van der Waals surface area contributed by atoms with Crippen LogP contribution in [0.15, 0.2) is 38.5 Å². The molecule has 3 heterocycles. The number of aromatic amines is 1. The molecule has 0 fully saturated rings. The maximum atomic E-state index is 12.1. The Balaban J connectivity index is 2.27. The molecule has 0 saturated heterocycles. The third-order valence-corrected chi connectivity index (χ3v) is 3.27. The van der Waals surface area contributed by atoms with Crippen LogP contribution in [0.4, 0.5) is 0 Å². The van der Waals surface area contributed by atoms with E-state index in [9.17, 15) is 9.59 Å². The summed E-state index contributed by atoms with van der Waals surface area (Å²) >= 11 is 0. The predicted molar refractivity (Wildman–Crippen MR) is 70.3 cm³/mol. The van der Waals surface area contributed by atoms with E-state index in [-0.39, 0.29) is 11.1 Å². The predicted octanol–water partition coefficient (Wildman–Crippen LogP) is 0.978. The SMILES string of the molecule is Cc1c2c(=O)n(C)[nH]c2cc(=O)n1Cc1ccco1. The molecule has 1 N–H and O–H groups in total. The van der Waals surface area contributed by atoms with Gasteiger partial charge < -0.3 is 8.98 Å². The lowest BCUT2D eigenvalue weighted by atomic mass is 10.2. The van der Waals surface area contributed by atoms with Gasteiger partial charge in [-0.3, -0.25) is 19.4 Å². The van der Waals surface area contributed by atoms with Crippen molar-refractivity contribution in [2.75, 3.05) is 0 Å². The Morgan fingerprint density at radius 1 is 1.37 bits per heavy atom. The number of fused-ring (bicyclic) bond motifs is 1. The monoisotopic (exact) mass is 259 g/mol. The fourth-order valence-corrected chi connectivity index (χ4v) is 2.28. The van der Waals surface area contributed by atoms with Gasteiger partial charge in [0.25, 0.3) is 11.1 Å². The van der Waals surface area contributed by atoms with Crippen molar-refractivity contribution in [1.29, 1.82) is 0 Å². The molecule has 0 aliphatic carbocycles. The van der Waals surface area contributed by atoms with Gasteiger partial charge in [-0.05, 0) is 19.1 Å². The molecular weight excluding hydrogens is 246 g/mol. The Morgan fingerprint density at radius 3 is 2.84 bits per heavy atom. The molecule has 0 aromatic carbocycles. The average Bonchev–Trinajstić information content (AvgIpc) is 2.95.